The monoisotopic (exact) mass is 292 g/mol. The summed E-state index contributed by atoms with van der Waals surface area (Å²) in [7, 11) is 0. The number of hydrogen-bond donors (Lipinski definition) is 2. The molecule has 1 saturated carbocycles. The highest BCUT2D eigenvalue weighted by molar-refractivity contribution is 7.80. The Morgan fingerprint density at radius 1 is 1.35 bits per heavy atom. The summed E-state index contributed by atoms with van der Waals surface area (Å²) in [4.78, 5) is 14.7. The normalized spacial score (nSPS) is 15.2. The van der Waals surface area contributed by atoms with Gasteiger partial charge in [0.25, 0.3) is 5.91 Å². The fraction of sp³-hybridized carbons (Fsp3) is 0.467. The van der Waals surface area contributed by atoms with Crippen molar-refractivity contribution in [3.8, 4) is 0 Å². The summed E-state index contributed by atoms with van der Waals surface area (Å²) in [5, 5.41) is 9.20. The third kappa shape index (κ3) is 3.35. The van der Waals surface area contributed by atoms with Crippen LogP contribution in [0.5, 0.6) is 0 Å². The van der Waals surface area contributed by atoms with Crippen molar-refractivity contribution in [2.24, 2.45) is 5.73 Å². The molecule has 20 heavy (non-hydrogen) atoms. The molecule has 3 N–H and O–H groups in total. The molecule has 0 radical (unpaired) electrons. The van der Waals surface area contributed by atoms with Gasteiger partial charge in [-0.3, -0.25) is 4.79 Å². The zero-order valence-corrected chi connectivity index (χ0v) is 12.2. The largest absolute Gasteiger partial charge is 0.395 e. The number of nitrogens with two attached hydrogens (primary N) is 1. The molecule has 0 bridgehead atoms. The van der Waals surface area contributed by atoms with E-state index >= 15 is 0 Å². The Balaban J connectivity index is 2.22. The molecule has 0 heterocycles. The lowest BCUT2D eigenvalue weighted by atomic mass is 10.1. The van der Waals surface area contributed by atoms with Gasteiger partial charge in [0.2, 0.25) is 0 Å². The van der Waals surface area contributed by atoms with E-state index < -0.39 is 0 Å². The molecule has 0 aliphatic heterocycles. The number of thiocarbonyl (C=S) groups is 1. The minimum atomic E-state index is -0.0518. The molecule has 0 atom stereocenters. The molecule has 0 aromatic heterocycles. The Bertz CT molecular complexity index is 498. The van der Waals surface area contributed by atoms with Crippen molar-refractivity contribution in [2.45, 2.75) is 31.7 Å². The van der Waals surface area contributed by atoms with Crippen LogP contribution in [0.3, 0.4) is 0 Å². The predicted molar refractivity (Wildman–Crippen MR) is 82.7 cm³/mol. The van der Waals surface area contributed by atoms with Crippen LogP contribution in [0.2, 0.25) is 0 Å². The topological polar surface area (TPSA) is 66.6 Å². The minimum absolute atomic E-state index is 0.0166. The Hall–Kier alpha value is -1.46. The number of rotatable bonds is 5. The Labute approximate surface area is 124 Å². The lowest BCUT2D eigenvalue weighted by Gasteiger charge is -2.28. The van der Waals surface area contributed by atoms with Crippen LogP contribution in [0.15, 0.2) is 24.3 Å². The second-order valence-corrected chi connectivity index (χ2v) is 5.55. The number of benzene rings is 1. The summed E-state index contributed by atoms with van der Waals surface area (Å²) in [5.74, 6) is -0.0518. The number of amides is 1. The third-order valence-corrected chi connectivity index (χ3v) is 4.00. The summed E-state index contributed by atoms with van der Waals surface area (Å²) in [6.45, 7) is 0.359. The average molecular weight is 292 g/mol. The lowest BCUT2D eigenvalue weighted by molar-refractivity contribution is 0.0638. The molecule has 1 aromatic carbocycles. The molecule has 0 saturated heterocycles. The van der Waals surface area contributed by atoms with Crippen molar-refractivity contribution in [2.75, 3.05) is 13.2 Å². The Morgan fingerprint density at radius 2 is 2.00 bits per heavy atom. The van der Waals surface area contributed by atoms with Crippen molar-refractivity contribution in [3.63, 3.8) is 0 Å². The molecule has 1 fully saturated rings. The number of nitrogens with zero attached hydrogens (tertiary/aromatic N) is 1. The van der Waals surface area contributed by atoms with Gasteiger partial charge >= 0.3 is 0 Å². The maximum absolute atomic E-state index is 12.6. The number of carbonyl (C=O) groups is 1. The van der Waals surface area contributed by atoms with E-state index in [0.717, 1.165) is 25.7 Å². The standard InChI is InChI=1S/C15H20N2O2S/c16-14(20)11-4-3-5-12(10-11)15(19)17(8-9-18)13-6-1-2-7-13/h3-5,10,13,18H,1-2,6-9H2,(H2,16,20). The van der Waals surface area contributed by atoms with Gasteiger partial charge in [0.05, 0.1) is 6.61 Å². The van der Waals surface area contributed by atoms with Crippen molar-refractivity contribution in [1.82, 2.24) is 4.90 Å². The predicted octanol–water partition coefficient (Wildman–Crippen LogP) is 1.70. The number of carbonyl (C=O) groups excluding carboxylic acids is 1. The van der Waals surface area contributed by atoms with Gasteiger partial charge in [-0.25, -0.2) is 0 Å². The zero-order valence-electron chi connectivity index (χ0n) is 11.4. The fourth-order valence-electron chi connectivity index (χ4n) is 2.74. The van der Waals surface area contributed by atoms with Crippen LogP contribution in [0.4, 0.5) is 0 Å². The number of hydrogen-bond acceptors (Lipinski definition) is 3. The summed E-state index contributed by atoms with van der Waals surface area (Å²) in [5.41, 5.74) is 6.88. The van der Waals surface area contributed by atoms with E-state index in [-0.39, 0.29) is 23.5 Å². The molecular weight excluding hydrogens is 272 g/mol. The van der Waals surface area contributed by atoms with Gasteiger partial charge in [-0.1, -0.05) is 37.2 Å². The molecule has 0 unspecified atom stereocenters. The molecule has 4 nitrogen and oxygen atoms in total. The maximum Gasteiger partial charge on any atom is 0.254 e. The van der Waals surface area contributed by atoms with Gasteiger partial charge in [0.1, 0.15) is 4.99 Å². The van der Waals surface area contributed by atoms with Crippen LogP contribution < -0.4 is 5.73 Å². The molecule has 1 aromatic rings. The Kier molecular flexibility index (Phi) is 5.09. The highest BCUT2D eigenvalue weighted by atomic mass is 32.1. The van der Waals surface area contributed by atoms with Crippen LogP contribution in [-0.2, 0) is 0 Å². The van der Waals surface area contributed by atoms with E-state index in [9.17, 15) is 9.90 Å². The molecule has 2 rings (SSSR count). The van der Waals surface area contributed by atoms with Gasteiger partial charge in [0.15, 0.2) is 0 Å². The number of aliphatic hydroxyl groups is 1. The van der Waals surface area contributed by atoms with Crippen LogP contribution in [0.25, 0.3) is 0 Å². The van der Waals surface area contributed by atoms with E-state index in [1.54, 1.807) is 29.2 Å². The summed E-state index contributed by atoms with van der Waals surface area (Å²) < 4.78 is 0. The molecule has 0 spiro atoms. The SMILES string of the molecule is NC(=S)c1cccc(C(=O)N(CCO)C2CCCC2)c1. The molecule has 5 heteroatoms. The number of aliphatic hydroxyl groups excluding tert-OH is 1. The van der Waals surface area contributed by atoms with Crippen molar-refractivity contribution >= 4 is 23.1 Å². The minimum Gasteiger partial charge on any atom is -0.395 e. The lowest BCUT2D eigenvalue weighted by Crippen LogP contribution is -2.40. The second-order valence-electron chi connectivity index (χ2n) is 5.11. The van der Waals surface area contributed by atoms with E-state index in [1.165, 1.54) is 0 Å². The quantitative estimate of drug-likeness (QED) is 0.811. The van der Waals surface area contributed by atoms with Crippen molar-refractivity contribution in [3.05, 3.63) is 35.4 Å². The zero-order chi connectivity index (χ0) is 14.5. The van der Waals surface area contributed by atoms with Gasteiger partial charge in [-0.05, 0) is 25.0 Å². The first kappa shape index (κ1) is 14.9. The second kappa shape index (κ2) is 6.81. The average Bonchev–Trinajstić information content (AvgIpc) is 2.98. The van der Waals surface area contributed by atoms with Gasteiger partial charge in [0, 0.05) is 23.7 Å². The summed E-state index contributed by atoms with van der Waals surface area (Å²) in [6.07, 6.45) is 4.32. The fourth-order valence-corrected chi connectivity index (χ4v) is 2.87. The van der Waals surface area contributed by atoms with Gasteiger partial charge < -0.3 is 15.7 Å². The molecule has 1 aliphatic rings. The van der Waals surface area contributed by atoms with Gasteiger partial charge in [-0.15, -0.1) is 0 Å². The molecule has 1 amide bonds. The third-order valence-electron chi connectivity index (χ3n) is 3.76. The first-order chi connectivity index (χ1) is 9.63. The van der Waals surface area contributed by atoms with Crippen LogP contribution in [0, 0.1) is 0 Å². The molecule has 1 aliphatic carbocycles. The van der Waals surface area contributed by atoms with Crippen molar-refractivity contribution < 1.29 is 9.90 Å². The Morgan fingerprint density at radius 3 is 2.60 bits per heavy atom. The summed E-state index contributed by atoms with van der Waals surface area (Å²) in [6, 6.07) is 7.31. The highest BCUT2D eigenvalue weighted by Gasteiger charge is 2.27. The van der Waals surface area contributed by atoms with Crippen molar-refractivity contribution in [1.29, 1.82) is 0 Å². The molecule has 108 valence electrons. The van der Waals surface area contributed by atoms with Crippen LogP contribution >= 0.6 is 12.2 Å². The first-order valence-corrected chi connectivity index (χ1v) is 7.36. The maximum atomic E-state index is 12.6. The van der Waals surface area contributed by atoms with E-state index in [1.807, 2.05) is 0 Å². The summed E-state index contributed by atoms with van der Waals surface area (Å²) >= 11 is 4.95. The van der Waals surface area contributed by atoms with E-state index in [4.69, 9.17) is 18.0 Å². The van der Waals surface area contributed by atoms with E-state index in [0.29, 0.717) is 17.7 Å². The van der Waals surface area contributed by atoms with Gasteiger partial charge in [-0.2, -0.15) is 0 Å². The molecular formula is C15H20N2O2S. The van der Waals surface area contributed by atoms with E-state index in [2.05, 4.69) is 0 Å². The van der Waals surface area contributed by atoms with Crippen LogP contribution in [-0.4, -0.2) is 40.1 Å². The smallest absolute Gasteiger partial charge is 0.254 e. The first-order valence-electron chi connectivity index (χ1n) is 6.95. The van der Waals surface area contributed by atoms with Crippen LogP contribution in [0.1, 0.15) is 41.6 Å². The highest BCUT2D eigenvalue weighted by Crippen LogP contribution is 2.24.